The van der Waals surface area contributed by atoms with Crippen molar-refractivity contribution >= 4 is 5.78 Å². The van der Waals surface area contributed by atoms with Crippen molar-refractivity contribution in [3.05, 3.63) is 12.2 Å². The second-order valence-electron chi connectivity index (χ2n) is 1.75. The van der Waals surface area contributed by atoms with Crippen molar-refractivity contribution in [2.24, 2.45) is 5.73 Å². The van der Waals surface area contributed by atoms with Crippen LogP contribution in [0.1, 0.15) is 6.92 Å². The van der Waals surface area contributed by atoms with Crippen LogP contribution in [0.25, 0.3) is 0 Å². The molecule has 0 heterocycles. The molecular weight excluding hydrogens is 116 g/mol. The van der Waals surface area contributed by atoms with Crippen molar-refractivity contribution in [1.29, 1.82) is 5.26 Å². The van der Waals surface area contributed by atoms with E-state index in [-0.39, 0.29) is 0 Å². The maximum atomic E-state index is 10.6. The van der Waals surface area contributed by atoms with Crippen molar-refractivity contribution in [3.63, 3.8) is 0 Å². The Hall–Kier alpha value is -1.14. The van der Waals surface area contributed by atoms with Gasteiger partial charge in [-0.25, -0.2) is 0 Å². The molecule has 48 valence electrons. The van der Waals surface area contributed by atoms with Crippen LogP contribution < -0.4 is 5.73 Å². The Morgan fingerprint density at radius 3 is 2.44 bits per heavy atom. The van der Waals surface area contributed by atoms with Crippen LogP contribution in [0.4, 0.5) is 0 Å². The minimum atomic E-state index is -1.04. The first-order valence-electron chi connectivity index (χ1n) is 2.44. The highest BCUT2D eigenvalue weighted by Crippen LogP contribution is 1.91. The molecule has 2 N–H and O–H groups in total. The van der Waals surface area contributed by atoms with Gasteiger partial charge in [-0.2, -0.15) is 5.26 Å². The Morgan fingerprint density at radius 1 is 1.89 bits per heavy atom. The molecule has 3 heteroatoms. The van der Waals surface area contributed by atoms with Crippen molar-refractivity contribution < 1.29 is 4.79 Å². The molecule has 3 nitrogen and oxygen atoms in total. The average Bonchev–Trinajstić information content (AvgIpc) is 1.84. The van der Waals surface area contributed by atoms with Crippen molar-refractivity contribution in [3.8, 4) is 6.07 Å². The number of nitrogens with zero attached hydrogens (tertiary/aromatic N) is 1. The number of hydrogen-bond donors (Lipinski definition) is 1. The molecule has 0 rings (SSSR count). The van der Waals surface area contributed by atoms with Crippen LogP contribution in [-0.4, -0.2) is 11.8 Å². The highest BCUT2D eigenvalue weighted by molar-refractivity contribution is 5.99. The van der Waals surface area contributed by atoms with E-state index in [2.05, 4.69) is 6.58 Å². The maximum absolute atomic E-state index is 10.6. The first-order chi connectivity index (χ1) is 4.09. The van der Waals surface area contributed by atoms with Gasteiger partial charge in [0.1, 0.15) is 0 Å². The number of rotatable bonds is 2. The van der Waals surface area contributed by atoms with E-state index in [4.69, 9.17) is 11.0 Å². The topological polar surface area (TPSA) is 66.9 Å². The van der Waals surface area contributed by atoms with E-state index in [1.807, 2.05) is 0 Å². The largest absolute Gasteiger partial charge is 0.309 e. The number of nitriles is 1. The molecule has 0 bridgehead atoms. The molecular formula is C6H8N2O. The lowest BCUT2D eigenvalue weighted by atomic mass is 10.1. The van der Waals surface area contributed by atoms with Gasteiger partial charge in [-0.05, 0) is 12.5 Å². The zero-order valence-corrected chi connectivity index (χ0v) is 5.22. The molecule has 0 aliphatic carbocycles. The molecule has 0 saturated heterocycles. The van der Waals surface area contributed by atoms with E-state index in [0.717, 1.165) is 0 Å². The summed E-state index contributed by atoms with van der Waals surface area (Å²) < 4.78 is 0. The van der Waals surface area contributed by atoms with Crippen molar-refractivity contribution in [2.45, 2.75) is 13.0 Å². The third kappa shape index (κ3) is 2.06. The molecule has 0 aliphatic rings. The molecule has 0 aromatic rings. The van der Waals surface area contributed by atoms with E-state index >= 15 is 0 Å². The van der Waals surface area contributed by atoms with Gasteiger partial charge in [-0.1, -0.05) is 6.58 Å². The standard InChI is InChI=1S/C6H8N2O/c1-4(2)6(9)5(8)3-7/h5H,1,8H2,2H3. The van der Waals surface area contributed by atoms with Crippen LogP contribution >= 0.6 is 0 Å². The number of ketones is 1. The predicted molar refractivity (Wildman–Crippen MR) is 33.4 cm³/mol. The SMILES string of the molecule is C=C(C)C(=O)C(N)C#N. The Bertz CT molecular complexity index is 178. The lowest BCUT2D eigenvalue weighted by molar-refractivity contribution is -0.115. The Labute approximate surface area is 53.8 Å². The van der Waals surface area contributed by atoms with Gasteiger partial charge < -0.3 is 5.73 Å². The molecule has 1 atom stereocenters. The number of Topliss-reactive ketones (excluding diaryl/α,β-unsaturated/α-hetero) is 1. The van der Waals surface area contributed by atoms with E-state index < -0.39 is 11.8 Å². The molecule has 0 radical (unpaired) electrons. The van der Waals surface area contributed by atoms with E-state index in [1.165, 1.54) is 6.92 Å². The molecule has 0 spiro atoms. The average molecular weight is 124 g/mol. The van der Waals surface area contributed by atoms with Crippen LogP contribution in [0.15, 0.2) is 12.2 Å². The summed E-state index contributed by atoms with van der Waals surface area (Å²) in [6.07, 6.45) is 0. The molecule has 0 aromatic carbocycles. The number of carbonyl (C=O) groups excluding carboxylic acids is 1. The number of nitrogens with two attached hydrogens (primary N) is 1. The summed E-state index contributed by atoms with van der Waals surface area (Å²) in [5, 5.41) is 8.12. The number of carbonyl (C=O) groups is 1. The van der Waals surface area contributed by atoms with E-state index in [1.54, 1.807) is 6.07 Å². The van der Waals surface area contributed by atoms with Gasteiger partial charge in [-0.3, -0.25) is 4.79 Å². The van der Waals surface area contributed by atoms with Crippen LogP contribution in [0.3, 0.4) is 0 Å². The molecule has 1 unspecified atom stereocenters. The van der Waals surface area contributed by atoms with Gasteiger partial charge >= 0.3 is 0 Å². The molecule has 0 aliphatic heterocycles. The zero-order valence-electron chi connectivity index (χ0n) is 5.22. The molecule has 9 heavy (non-hydrogen) atoms. The first-order valence-corrected chi connectivity index (χ1v) is 2.44. The normalized spacial score (nSPS) is 11.7. The second-order valence-corrected chi connectivity index (χ2v) is 1.75. The van der Waals surface area contributed by atoms with Gasteiger partial charge in [0.15, 0.2) is 11.8 Å². The first kappa shape index (κ1) is 7.86. The second kappa shape index (κ2) is 3.00. The zero-order chi connectivity index (χ0) is 7.44. The Morgan fingerprint density at radius 2 is 2.33 bits per heavy atom. The molecule has 0 fully saturated rings. The van der Waals surface area contributed by atoms with Crippen molar-refractivity contribution in [2.75, 3.05) is 0 Å². The lowest BCUT2D eigenvalue weighted by Gasteiger charge is -1.97. The monoisotopic (exact) mass is 124 g/mol. The minimum Gasteiger partial charge on any atom is -0.309 e. The van der Waals surface area contributed by atoms with Gasteiger partial charge in [0.25, 0.3) is 0 Å². The van der Waals surface area contributed by atoms with Crippen LogP contribution in [0.2, 0.25) is 0 Å². The molecule has 0 saturated carbocycles. The van der Waals surface area contributed by atoms with Gasteiger partial charge in [0.2, 0.25) is 0 Å². The summed E-state index contributed by atoms with van der Waals surface area (Å²) in [4.78, 5) is 10.6. The summed E-state index contributed by atoms with van der Waals surface area (Å²) >= 11 is 0. The van der Waals surface area contributed by atoms with Crippen LogP contribution in [0, 0.1) is 11.3 Å². The fraction of sp³-hybridized carbons (Fsp3) is 0.333. The quantitative estimate of drug-likeness (QED) is 0.526. The Balaban J connectivity index is 4.09. The molecule has 0 aromatic heterocycles. The minimum absolute atomic E-state index is 0.323. The van der Waals surface area contributed by atoms with Gasteiger partial charge in [0.05, 0.1) is 6.07 Å². The van der Waals surface area contributed by atoms with E-state index in [9.17, 15) is 4.79 Å². The number of hydrogen-bond acceptors (Lipinski definition) is 3. The maximum Gasteiger partial charge on any atom is 0.189 e. The fourth-order valence-corrected chi connectivity index (χ4v) is 0.324. The van der Waals surface area contributed by atoms with E-state index in [0.29, 0.717) is 5.57 Å². The highest BCUT2D eigenvalue weighted by atomic mass is 16.1. The van der Waals surface area contributed by atoms with Crippen LogP contribution in [0.5, 0.6) is 0 Å². The van der Waals surface area contributed by atoms with Gasteiger partial charge in [0, 0.05) is 0 Å². The predicted octanol–water partition coefficient (Wildman–Crippen LogP) is -0.0175. The summed E-state index contributed by atoms with van der Waals surface area (Å²) in [6.45, 7) is 4.87. The summed E-state index contributed by atoms with van der Waals surface area (Å²) in [5.74, 6) is -0.391. The van der Waals surface area contributed by atoms with Crippen LogP contribution in [-0.2, 0) is 4.79 Å². The third-order valence-electron chi connectivity index (χ3n) is 0.842. The summed E-state index contributed by atoms with van der Waals surface area (Å²) in [5.41, 5.74) is 5.37. The smallest absolute Gasteiger partial charge is 0.189 e. The Kier molecular flexibility index (Phi) is 2.62. The highest BCUT2D eigenvalue weighted by Gasteiger charge is 2.11. The molecule has 0 amide bonds. The lowest BCUT2D eigenvalue weighted by Crippen LogP contribution is -2.28. The summed E-state index contributed by atoms with van der Waals surface area (Å²) in [6, 6.07) is 0.574. The third-order valence-corrected chi connectivity index (χ3v) is 0.842. The van der Waals surface area contributed by atoms with Gasteiger partial charge in [-0.15, -0.1) is 0 Å². The fourth-order valence-electron chi connectivity index (χ4n) is 0.324. The van der Waals surface area contributed by atoms with Crippen molar-refractivity contribution in [1.82, 2.24) is 0 Å². The summed E-state index contributed by atoms with van der Waals surface area (Å²) in [7, 11) is 0.